The van der Waals surface area contributed by atoms with E-state index in [2.05, 4.69) is 24.3 Å². The molecular formula is C17H24O. The van der Waals surface area contributed by atoms with E-state index < -0.39 is 0 Å². The van der Waals surface area contributed by atoms with Crippen molar-refractivity contribution < 1.29 is 4.79 Å². The van der Waals surface area contributed by atoms with E-state index in [1.807, 2.05) is 0 Å². The van der Waals surface area contributed by atoms with Gasteiger partial charge in [-0.25, -0.2) is 0 Å². The fraction of sp³-hybridized carbons (Fsp3) is 0.588. The largest absolute Gasteiger partial charge is 0.300 e. The number of carbonyl (C=O) groups is 1. The number of Topliss-reactive ketones (excluding diaryl/α,β-unsaturated/α-hetero) is 1. The molecule has 0 N–H and O–H groups in total. The van der Waals surface area contributed by atoms with Gasteiger partial charge in [0.2, 0.25) is 0 Å². The van der Waals surface area contributed by atoms with Gasteiger partial charge < -0.3 is 4.79 Å². The molecule has 0 saturated carbocycles. The van der Waals surface area contributed by atoms with E-state index in [1.165, 1.54) is 38.5 Å². The van der Waals surface area contributed by atoms with Crippen LogP contribution in [0, 0.1) is 0 Å². The number of ketones is 1. The standard InChI is InChI=1S/C17H24O/c1-14(18)8-3-2-4-9-15-11-7-12-16-10-5-6-13-17(15)16/h5-6,10,13,15H,2-4,7-9,11-12H2,1H3. The summed E-state index contributed by atoms with van der Waals surface area (Å²) < 4.78 is 0. The molecule has 0 aliphatic heterocycles. The van der Waals surface area contributed by atoms with Gasteiger partial charge in [0, 0.05) is 6.42 Å². The Bertz CT molecular complexity index is 394. The molecule has 98 valence electrons. The summed E-state index contributed by atoms with van der Waals surface area (Å²) in [5.41, 5.74) is 3.16. The first kappa shape index (κ1) is 13.3. The Hall–Kier alpha value is -1.11. The second-order valence-corrected chi connectivity index (χ2v) is 5.59. The Balaban J connectivity index is 1.79. The molecule has 1 unspecified atom stereocenters. The van der Waals surface area contributed by atoms with Gasteiger partial charge in [-0.2, -0.15) is 0 Å². The van der Waals surface area contributed by atoms with Gasteiger partial charge in [0.1, 0.15) is 5.78 Å². The summed E-state index contributed by atoms with van der Waals surface area (Å²) in [6, 6.07) is 8.94. The lowest BCUT2D eigenvalue weighted by Crippen LogP contribution is -2.09. The highest BCUT2D eigenvalue weighted by Gasteiger charge is 2.18. The Morgan fingerprint density at radius 2 is 2.06 bits per heavy atom. The van der Waals surface area contributed by atoms with Crippen LogP contribution in [-0.4, -0.2) is 5.78 Å². The third-order valence-corrected chi connectivity index (χ3v) is 4.08. The zero-order chi connectivity index (χ0) is 12.8. The monoisotopic (exact) mass is 244 g/mol. The molecule has 0 bridgehead atoms. The summed E-state index contributed by atoms with van der Waals surface area (Å²) in [6.45, 7) is 1.69. The molecule has 18 heavy (non-hydrogen) atoms. The number of unbranched alkanes of at least 4 members (excludes halogenated alkanes) is 2. The molecule has 0 spiro atoms. The molecule has 0 fully saturated rings. The van der Waals surface area contributed by atoms with Gasteiger partial charge in [-0.15, -0.1) is 0 Å². The lowest BCUT2D eigenvalue weighted by atomic mass is 9.80. The Morgan fingerprint density at radius 1 is 1.22 bits per heavy atom. The smallest absolute Gasteiger partial charge is 0.129 e. The van der Waals surface area contributed by atoms with E-state index in [0.29, 0.717) is 5.78 Å². The van der Waals surface area contributed by atoms with Crippen LogP contribution in [0.15, 0.2) is 24.3 Å². The molecule has 1 nitrogen and oxygen atoms in total. The topological polar surface area (TPSA) is 17.1 Å². The maximum absolute atomic E-state index is 10.9. The molecule has 1 aromatic rings. The minimum atomic E-state index is 0.331. The first-order chi connectivity index (χ1) is 8.77. The molecule has 0 amide bonds. The number of hydrogen-bond acceptors (Lipinski definition) is 1. The fourth-order valence-corrected chi connectivity index (χ4v) is 3.10. The summed E-state index contributed by atoms with van der Waals surface area (Å²) in [7, 11) is 0. The third-order valence-electron chi connectivity index (χ3n) is 4.08. The third kappa shape index (κ3) is 3.69. The van der Waals surface area contributed by atoms with Crippen molar-refractivity contribution in [2.24, 2.45) is 0 Å². The van der Waals surface area contributed by atoms with E-state index >= 15 is 0 Å². The van der Waals surface area contributed by atoms with Crippen molar-refractivity contribution in [2.75, 3.05) is 0 Å². The molecule has 2 rings (SSSR count). The fourth-order valence-electron chi connectivity index (χ4n) is 3.10. The summed E-state index contributed by atoms with van der Waals surface area (Å²) in [5, 5.41) is 0. The van der Waals surface area contributed by atoms with Gasteiger partial charge in [-0.3, -0.25) is 0 Å². The summed E-state index contributed by atoms with van der Waals surface area (Å²) in [6.07, 6.45) is 9.57. The molecule has 0 heterocycles. The normalized spacial score (nSPS) is 18.4. The summed E-state index contributed by atoms with van der Waals surface area (Å²) >= 11 is 0. The molecule has 1 heteroatoms. The van der Waals surface area contributed by atoms with Crippen molar-refractivity contribution in [3.05, 3.63) is 35.4 Å². The Labute approximate surface area is 111 Å². The van der Waals surface area contributed by atoms with E-state index in [9.17, 15) is 4.79 Å². The van der Waals surface area contributed by atoms with Crippen molar-refractivity contribution in [1.82, 2.24) is 0 Å². The zero-order valence-corrected chi connectivity index (χ0v) is 11.5. The van der Waals surface area contributed by atoms with E-state index in [0.717, 1.165) is 18.8 Å². The van der Waals surface area contributed by atoms with Crippen LogP contribution in [0.25, 0.3) is 0 Å². The number of fused-ring (bicyclic) bond motifs is 1. The predicted molar refractivity (Wildman–Crippen MR) is 75.9 cm³/mol. The minimum absolute atomic E-state index is 0.331. The maximum Gasteiger partial charge on any atom is 0.129 e. The van der Waals surface area contributed by atoms with Crippen LogP contribution in [0.1, 0.15) is 68.9 Å². The summed E-state index contributed by atoms with van der Waals surface area (Å²) in [4.78, 5) is 10.9. The van der Waals surface area contributed by atoms with Gasteiger partial charge in [0.05, 0.1) is 0 Å². The van der Waals surface area contributed by atoms with E-state index in [1.54, 1.807) is 18.1 Å². The molecule has 1 aliphatic rings. The van der Waals surface area contributed by atoms with Crippen molar-refractivity contribution in [1.29, 1.82) is 0 Å². The van der Waals surface area contributed by atoms with Gasteiger partial charge in [-0.1, -0.05) is 37.1 Å². The average molecular weight is 244 g/mol. The lowest BCUT2D eigenvalue weighted by Gasteiger charge is -2.25. The molecule has 1 aromatic carbocycles. The Kier molecular flexibility index (Phi) is 4.98. The molecule has 1 atom stereocenters. The number of carbonyl (C=O) groups excluding carboxylic acids is 1. The number of rotatable bonds is 6. The molecule has 0 saturated heterocycles. The Morgan fingerprint density at radius 3 is 2.89 bits per heavy atom. The van der Waals surface area contributed by atoms with Crippen LogP contribution in [0.2, 0.25) is 0 Å². The van der Waals surface area contributed by atoms with Crippen molar-refractivity contribution in [3.8, 4) is 0 Å². The number of hydrogen-bond donors (Lipinski definition) is 0. The van der Waals surface area contributed by atoms with Gasteiger partial charge in [0.25, 0.3) is 0 Å². The van der Waals surface area contributed by atoms with Gasteiger partial charge in [-0.05, 0) is 56.1 Å². The van der Waals surface area contributed by atoms with Crippen LogP contribution < -0.4 is 0 Å². The van der Waals surface area contributed by atoms with Crippen LogP contribution in [-0.2, 0) is 11.2 Å². The number of aryl methyl sites for hydroxylation is 1. The van der Waals surface area contributed by atoms with Crippen LogP contribution in [0.3, 0.4) is 0 Å². The first-order valence-corrected chi connectivity index (χ1v) is 7.34. The minimum Gasteiger partial charge on any atom is -0.300 e. The molecule has 0 radical (unpaired) electrons. The van der Waals surface area contributed by atoms with E-state index in [-0.39, 0.29) is 0 Å². The SMILES string of the molecule is CC(=O)CCCCCC1CCCc2ccccc21. The molecule has 1 aliphatic carbocycles. The van der Waals surface area contributed by atoms with Gasteiger partial charge >= 0.3 is 0 Å². The van der Waals surface area contributed by atoms with Crippen LogP contribution in [0.4, 0.5) is 0 Å². The van der Waals surface area contributed by atoms with Gasteiger partial charge in [0.15, 0.2) is 0 Å². The average Bonchev–Trinajstić information content (AvgIpc) is 2.38. The second-order valence-electron chi connectivity index (χ2n) is 5.59. The van der Waals surface area contributed by atoms with E-state index in [4.69, 9.17) is 0 Å². The number of benzene rings is 1. The highest BCUT2D eigenvalue weighted by atomic mass is 16.1. The highest BCUT2D eigenvalue weighted by molar-refractivity contribution is 5.75. The molecule has 0 aromatic heterocycles. The highest BCUT2D eigenvalue weighted by Crippen LogP contribution is 2.34. The molecular weight excluding hydrogens is 220 g/mol. The van der Waals surface area contributed by atoms with Crippen LogP contribution in [0.5, 0.6) is 0 Å². The lowest BCUT2D eigenvalue weighted by molar-refractivity contribution is -0.117. The quantitative estimate of drug-likeness (QED) is 0.666. The predicted octanol–water partition coefficient (Wildman–Crippen LogP) is 4.65. The second kappa shape index (κ2) is 6.72. The first-order valence-electron chi connectivity index (χ1n) is 7.34. The van der Waals surface area contributed by atoms with Crippen molar-refractivity contribution in [2.45, 2.75) is 64.2 Å². The summed E-state index contributed by atoms with van der Waals surface area (Å²) in [5.74, 6) is 1.10. The van der Waals surface area contributed by atoms with Crippen molar-refractivity contribution in [3.63, 3.8) is 0 Å². The maximum atomic E-state index is 10.9. The van der Waals surface area contributed by atoms with Crippen molar-refractivity contribution >= 4 is 5.78 Å². The zero-order valence-electron chi connectivity index (χ0n) is 11.5. The van der Waals surface area contributed by atoms with Crippen LogP contribution >= 0.6 is 0 Å².